The number of thioether (sulfide) groups is 1. The van der Waals surface area contributed by atoms with E-state index < -0.39 is 176 Å². The Labute approximate surface area is 516 Å². The summed E-state index contributed by atoms with van der Waals surface area (Å²) in [5, 5.41) is 29.6. The van der Waals surface area contributed by atoms with E-state index >= 15 is 0 Å². The van der Waals surface area contributed by atoms with E-state index in [0.29, 0.717) is 50.3 Å². The first kappa shape index (κ1) is 72.6. The van der Waals surface area contributed by atoms with Crippen LogP contribution in [-0.4, -0.2) is 133 Å². The summed E-state index contributed by atoms with van der Waals surface area (Å²) < 4.78 is 153. The number of aliphatic hydroxyl groups excluding tert-OH is 1. The Hall–Kier alpha value is -4.42. The van der Waals surface area contributed by atoms with Crippen molar-refractivity contribution in [2.24, 2.45) is 0 Å². The summed E-state index contributed by atoms with van der Waals surface area (Å²) in [6.45, 7) is 0.290. The molecule has 43 heteroatoms. The Morgan fingerprint density at radius 3 is 2.07 bits per heavy atom. The maximum atomic E-state index is 13.0. The van der Waals surface area contributed by atoms with Crippen molar-refractivity contribution in [1.29, 1.82) is 0 Å². The Balaban J connectivity index is 0.900. The number of carboxylic acid groups (broad SMARTS) is 1. The molecule has 4 unspecified atom stereocenters. The van der Waals surface area contributed by atoms with Gasteiger partial charge in [-0.1, -0.05) is 54.1 Å². The Bertz CT molecular complexity index is 4140. The summed E-state index contributed by atoms with van der Waals surface area (Å²) in [6, 6.07) is 4.23. The molecular formula is C45H55Cl3N6O27P4S3. The predicted octanol–water partition coefficient (Wildman–Crippen LogP) is 3.80. The third kappa shape index (κ3) is 18.9. The Morgan fingerprint density at radius 1 is 0.852 bits per heavy atom. The van der Waals surface area contributed by atoms with Gasteiger partial charge in [0.25, 0.3) is 5.56 Å². The number of hydrogen-bond acceptors (Lipinski definition) is 23. The van der Waals surface area contributed by atoms with E-state index in [1.165, 1.54) is 6.92 Å². The molecule has 1 saturated heterocycles. The molecule has 1 aromatic heterocycles. The molecule has 3 aromatic rings. The van der Waals surface area contributed by atoms with Gasteiger partial charge in [0.2, 0.25) is 22.1 Å². The third-order valence-corrected chi connectivity index (χ3v) is 24.5. The number of halogens is 3. The number of rotatable bonds is 31. The molecule has 7 atom stereocenters. The van der Waals surface area contributed by atoms with Gasteiger partial charge in [0.1, 0.15) is 27.3 Å². The second-order valence-electron chi connectivity index (χ2n) is 19.2. The Morgan fingerprint density at radius 2 is 1.45 bits per heavy atom. The van der Waals surface area contributed by atoms with Gasteiger partial charge in [-0.2, -0.15) is 8.42 Å². The van der Waals surface area contributed by atoms with Crippen LogP contribution in [0.5, 0.6) is 0 Å². The summed E-state index contributed by atoms with van der Waals surface area (Å²) in [5.74, 6) is -5.83. The molecule has 3 heterocycles. The van der Waals surface area contributed by atoms with Gasteiger partial charge in [0, 0.05) is 70.7 Å². The van der Waals surface area contributed by atoms with Crippen LogP contribution in [0.2, 0.25) is 15.1 Å². The predicted molar refractivity (Wildman–Crippen MR) is 310 cm³/mol. The van der Waals surface area contributed by atoms with Crippen molar-refractivity contribution in [3.05, 3.63) is 82.9 Å². The minimum absolute atomic E-state index is 0.0962. The summed E-state index contributed by atoms with van der Waals surface area (Å²) in [6.07, 6.45) is -0.308. The number of fused-ring (bicyclic) bond motifs is 2. The molecule has 3 aliphatic rings. The standard InChI is InChI=1S/C45H55Cl3N6O27P4S3/c1-22-18-54(45(61)53-43(22)58)31-17-27(55)28(78-31)19-77-85(68,69)81-83(64,65)21-82(62,63)80-84(66,67)76-16-8-3-2-6-14-51-29(56)9-5-4-7-15-52-30(57)20-86-40-36(47)33(34(44(59)60)35(46)37(40)48)32-23-10-12-25(49)41(87(70,71)72)38(23)79-39-24(32)11-13-26(50)42(39)88(73,74)75/h10-13,18,27-28,31,49,55H,2-9,14-17,19-21,50H2,1H3,(H,51,56)(H,52,57)(H,59,60)(H,62,63)(H,64,65)(H,66,67)(H,68,69)(H,53,58,61)(H,70,71,72)(H,73,74,75)/t27-,28+,31+/m0/s1. The first-order valence-corrected chi connectivity index (χ1v) is 36.8. The van der Waals surface area contributed by atoms with Crippen molar-refractivity contribution in [3.63, 3.8) is 0 Å². The number of benzene rings is 3. The fourth-order valence-corrected chi connectivity index (χ4v) is 19.0. The number of nitrogen functional groups attached to an aromatic ring is 1. The zero-order valence-electron chi connectivity index (χ0n) is 45.3. The van der Waals surface area contributed by atoms with Crippen molar-refractivity contribution in [2.45, 2.75) is 97.8 Å². The van der Waals surface area contributed by atoms with Gasteiger partial charge in [0.15, 0.2) is 17.2 Å². The number of nitrogens with zero attached hydrogens (tertiary/aromatic N) is 1. The third-order valence-electron chi connectivity index (χ3n) is 12.6. The highest BCUT2D eigenvalue weighted by Crippen LogP contribution is 2.70. The number of unbranched alkanes of at least 4 members (excludes halogenated alkanes) is 5. The van der Waals surface area contributed by atoms with Crippen molar-refractivity contribution in [1.82, 2.24) is 20.2 Å². The van der Waals surface area contributed by atoms with Crippen LogP contribution < -0.4 is 38.4 Å². The number of aliphatic hydroxyl groups is 1. The fourth-order valence-electron chi connectivity index (χ4n) is 8.72. The summed E-state index contributed by atoms with van der Waals surface area (Å²) in [5.41, 5.74) is 0.850. The van der Waals surface area contributed by atoms with Crippen molar-refractivity contribution in [2.75, 3.05) is 43.7 Å². The van der Waals surface area contributed by atoms with E-state index in [2.05, 4.69) is 28.3 Å². The van der Waals surface area contributed by atoms with Gasteiger partial charge < -0.3 is 59.9 Å². The molecule has 0 spiro atoms. The van der Waals surface area contributed by atoms with Gasteiger partial charge in [-0.05, 0) is 50.8 Å². The number of phosphoric ester groups is 2. The highest BCUT2D eigenvalue weighted by Gasteiger charge is 2.46. The number of carbonyl (C=O) groups is 3. The van der Waals surface area contributed by atoms with Crippen LogP contribution in [0.3, 0.4) is 0 Å². The lowest BCUT2D eigenvalue weighted by atomic mass is 9.90. The zero-order chi connectivity index (χ0) is 65.6. The number of nitrogens with two attached hydrogens (primary N) is 2. The molecular weight excluding hydrogens is 1380 g/mol. The molecule has 2 aliphatic heterocycles. The highest BCUT2D eigenvalue weighted by molar-refractivity contribution is 8.00. The lowest BCUT2D eigenvalue weighted by molar-refractivity contribution is -0.176. The number of nitrogens with one attached hydrogen (secondary N) is 3. The molecule has 0 saturated carbocycles. The minimum atomic E-state index is -5.63. The van der Waals surface area contributed by atoms with Gasteiger partial charge in [0.05, 0.1) is 51.4 Å². The molecule has 0 bridgehead atoms. The number of aromatic amines is 1. The maximum absolute atomic E-state index is 13.0. The molecule has 88 heavy (non-hydrogen) atoms. The topological polar surface area (TPSA) is 542 Å². The smallest absolute Gasteiger partial charge is 0.479 e. The normalized spacial score (nSPS) is 18.3. The SMILES string of the molecule is Cc1cn([C@H]2C[C@H](O)[C@@H](COP(=O)(O)OP(=O)(O)CP(=O)(O)OP(=O)(O)OCCCCCCNC(=O)CCCCCNC(=O)CSc3c(Cl)c(Cl)c(C(=O)O)c(-c4c5ccc(=[NH2+])c(S(=O)(=O)O)c-5oc5c(S(=O)(=O)[O-])c(N)ccc45)c3Cl)O2)c(=O)[nH]c1=O. The van der Waals surface area contributed by atoms with Gasteiger partial charge in [-0.15, -0.1) is 11.8 Å². The molecule has 0 radical (unpaired) electrons. The van der Waals surface area contributed by atoms with Crippen LogP contribution in [0.15, 0.2) is 59.2 Å². The molecule has 14 N–H and O–H groups in total. The second kappa shape index (κ2) is 29.5. The van der Waals surface area contributed by atoms with E-state index in [1.807, 2.05) is 4.98 Å². The molecule has 1 fully saturated rings. The number of aromatic nitrogens is 2. The second-order valence-corrected chi connectivity index (χ2v) is 31.4. The number of anilines is 1. The van der Waals surface area contributed by atoms with E-state index in [-0.39, 0.29) is 65.2 Å². The van der Waals surface area contributed by atoms with Crippen molar-refractivity contribution >= 4 is 132 Å². The number of aryl methyl sites for hydroxylation is 1. The average molecular weight is 1440 g/mol. The fraction of sp³-hybridized carbons (Fsp3) is 0.422. The van der Waals surface area contributed by atoms with Crippen LogP contribution in [0.1, 0.15) is 79.9 Å². The van der Waals surface area contributed by atoms with E-state index in [9.17, 15) is 98.0 Å². The lowest BCUT2D eigenvalue weighted by Gasteiger charge is -2.23. The van der Waals surface area contributed by atoms with Crippen LogP contribution in [0.4, 0.5) is 5.69 Å². The Kier molecular flexibility index (Phi) is 24.3. The number of phosphoric acid groups is 2. The van der Waals surface area contributed by atoms with E-state index in [0.717, 1.165) is 35.0 Å². The van der Waals surface area contributed by atoms with Crippen LogP contribution in [-0.2, 0) is 70.5 Å². The number of aromatic carboxylic acids is 1. The van der Waals surface area contributed by atoms with Crippen molar-refractivity contribution < 1.29 is 121 Å². The van der Waals surface area contributed by atoms with Crippen LogP contribution >= 0.6 is 77.4 Å². The van der Waals surface area contributed by atoms with E-state index in [1.54, 1.807) is 0 Å². The number of amides is 2. The van der Waals surface area contributed by atoms with E-state index in [4.69, 9.17) is 55.1 Å². The van der Waals surface area contributed by atoms with Gasteiger partial charge >= 0.3 is 52.6 Å². The zero-order valence-corrected chi connectivity index (χ0v) is 53.6. The lowest BCUT2D eigenvalue weighted by Crippen LogP contribution is -2.47. The number of hydrogen-bond donors (Lipinski definition) is 12. The summed E-state index contributed by atoms with van der Waals surface area (Å²) in [4.78, 5) is 102. The minimum Gasteiger partial charge on any atom is -0.744 e. The monoisotopic (exact) mass is 1440 g/mol. The number of carbonyl (C=O) groups excluding carboxylic acids is 2. The first-order valence-electron chi connectivity index (χ1n) is 25.4. The highest BCUT2D eigenvalue weighted by atomic mass is 35.5. The average Bonchev–Trinajstić information content (AvgIpc) is 0.865. The van der Waals surface area contributed by atoms with Crippen molar-refractivity contribution in [3.8, 4) is 22.5 Å². The summed E-state index contributed by atoms with van der Waals surface area (Å²) >= 11 is 20.7. The molecule has 33 nitrogen and oxygen atoms in total. The van der Waals surface area contributed by atoms with Gasteiger partial charge in [-0.25, -0.2) is 35.8 Å². The molecule has 486 valence electrons. The number of ether oxygens (including phenoxy) is 1. The molecule has 2 aromatic carbocycles. The molecule has 2 amide bonds. The quantitative estimate of drug-likeness (QED) is 0.00571. The maximum Gasteiger partial charge on any atom is 0.479 e. The number of H-pyrrole nitrogens is 1. The van der Waals surface area contributed by atoms with Gasteiger partial charge in [-0.3, -0.25) is 52.1 Å². The molecule has 6 rings (SSSR count). The molecule has 1 aliphatic carbocycles. The van der Waals surface area contributed by atoms with Crippen LogP contribution in [0.25, 0.3) is 33.4 Å². The first-order chi connectivity index (χ1) is 40.7. The number of carboxylic acids is 1. The van der Waals surface area contributed by atoms with Crippen LogP contribution in [0, 0.1) is 6.92 Å². The summed E-state index contributed by atoms with van der Waals surface area (Å²) in [7, 11) is -33.0. The largest absolute Gasteiger partial charge is 0.744 e.